The Morgan fingerprint density at radius 2 is 2.00 bits per heavy atom. The van der Waals surface area contributed by atoms with Gasteiger partial charge in [-0.05, 0) is 44.4 Å². The number of alkyl halides is 3. The van der Waals surface area contributed by atoms with Gasteiger partial charge < -0.3 is 10.6 Å². The summed E-state index contributed by atoms with van der Waals surface area (Å²) in [5, 5.41) is 4.33. The molecule has 0 aromatic carbocycles. The van der Waals surface area contributed by atoms with Crippen LogP contribution in [0.4, 0.5) is 18.0 Å². The van der Waals surface area contributed by atoms with E-state index in [1.165, 1.54) is 0 Å². The number of hydrogen-bond donors (Lipinski definition) is 2. The van der Waals surface area contributed by atoms with Crippen LogP contribution < -0.4 is 10.6 Å². The molecule has 112 valence electrons. The molecule has 0 saturated carbocycles. The number of nitrogens with one attached hydrogen (secondary N) is 2. The molecule has 1 rings (SSSR count). The molecule has 1 heterocycles. The number of carbonyl (C=O) groups is 1. The van der Waals surface area contributed by atoms with Gasteiger partial charge in [-0.15, -0.1) is 0 Å². The van der Waals surface area contributed by atoms with Crippen molar-refractivity contribution in [3.05, 3.63) is 29.6 Å². The topological polar surface area (TPSA) is 54.0 Å². The third-order valence-corrected chi connectivity index (χ3v) is 2.95. The lowest BCUT2D eigenvalue weighted by Crippen LogP contribution is -2.57. The molecule has 1 aromatic rings. The van der Waals surface area contributed by atoms with E-state index in [0.29, 0.717) is 6.42 Å². The van der Waals surface area contributed by atoms with Gasteiger partial charge in [0.05, 0.1) is 0 Å². The highest BCUT2D eigenvalue weighted by atomic mass is 19.4. The van der Waals surface area contributed by atoms with Gasteiger partial charge in [0.1, 0.15) is 5.54 Å². The summed E-state index contributed by atoms with van der Waals surface area (Å²) < 4.78 is 37.8. The smallest absolute Gasteiger partial charge is 0.338 e. The Balaban J connectivity index is 2.44. The van der Waals surface area contributed by atoms with Crippen LogP contribution in [0.5, 0.6) is 0 Å². The zero-order valence-electron chi connectivity index (χ0n) is 11.6. The molecule has 0 unspecified atom stereocenters. The Morgan fingerprint density at radius 1 is 1.35 bits per heavy atom. The molecule has 0 atom stereocenters. The van der Waals surface area contributed by atoms with Gasteiger partial charge in [-0.3, -0.25) is 4.98 Å². The van der Waals surface area contributed by atoms with E-state index in [9.17, 15) is 18.0 Å². The predicted molar refractivity (Wildman–Crippen MR) is 69.3 cm³/mol. The zero-order chi connectivity index (χ0) is 15.4. The van der Waals surface area contributed by atoms with E-state index in [4.69, 9.17) is 0 Å². The summed E-state index contributed by atoms with van der Waals surface area (Å²) in [7, 11) is 0. The van der Waals surface area contributed by atoms with Crippen molar-refractivity contribution in [2.75, 3.05) is 6.54 Å². The molecule has 0 bridgehead atoms. The van der Waals surface area contributed by atoms with Gasteiger partial charge in [0.15, 0.2) is 0 Å². The van der Waals surface area contributed by atoms with Gasteiger partial charge in [0.2, 0.25) is 0 Å². The molecule has 0 aliphatic heterocycles. The third kappa shape index (κ3) is 4.40. The van der Waals surface area contributed by atoms with E-state index in [0.717, 1.165) is 25.0 Å². The van der Waals surface area contributed by atoms with E-state index in [-0.39, 0.29) is 6.54 Å². The first-order valence-electron chi connectivity index (χ1n) is 6.16. The minimum atomic E-state index is -4.49. The van der Waals surface area contributed by atoms with E-state index in [2.05, 4.69) is 10.3 Å². The summed E-state index contributed by atoms with van der Waals surface area (Å²) >= 11 is 0. The normalized spacial score (nSPS) is 12.1. The minimum absolute atomic E-state index is 0.255. The van der Waals surface area contributed by atoms with Crippen molar-refractivity contribution >= 4 is 6.03 Å². The summed E-state index contributed by atoms with van der Waals surface area (Å²) in [5.74, 6) is 0. The van der Waals surface area contributed by atoms with Crippen LogP contribution >= 0.6 is 0 Å². The Morgan fingerprint density at radius 3 is 2.55 bits per heavy atom. The number of amides is 2. The number of urea groups is 1. The fraction of sp³-hybridized carbons (Fsp3) is 0.538. The van der Waals surface area contributed by atoms with Crippen LogP contribution in [0, 0.1) is 6.92 Å². The quantitative estimate of drug-likeness (QED) is 0.895. The molecule has 0 aliphatic carbocycles. The average molecular weight is 289 g/mol. The lowest BCUT2D eigenvalue weighted by atomic mass is 10.1. The van der Waals surface area contributed by atoms with Gasteiger partial charge in [-0.1, -0.05) is 0 Å². The number of aryl methyl sites for hydroxylation is 1. The monoisotopic (exact) mass is 289 g/mol. The molecule has 0 fully saturated rings. The second-order valence-corrected chi connectivity index (χ2v) is 5.06. The maximum Gasteiger partial charge on any atom is 0.411 e. The highest BCUT2D eigenvalue weighted by molar-refractivity contribution is 5.74. The lowest BCUT2D eigenvalue weighted by molar-refractivity contribution is -0.182. The van der Waals surface area contributed by atoms with E-state index < -0.39 is 17.7 Å². The Bertz CT molecular complexity index is 472. The van der Waals surface area contributed by atoms with Crippen molar-refractivity contribution in [3.63, 3.8) is 0 Å². The molecular formula is C13H18F3N3O. The van der Waals surface area contributed by atoms with Gasteiger partial charge in [-0.25, -0.2) is 4.79 Å². The number of halogens is 3. The van der Waals surface area contributed by atoms with E-state index in [1.807, 2.05) is 18.3 Å². The van der Waals surface area contributed by atoms with Crippen molar-refractivity contribution in [2.24, 2.45) is 0 Å². The lowest BCUT2D eigenvalue weighted by Gasteiger charge is -2.28. The van der Waals surface area contributed by atoms with Crippen LogP contribution in [-0.2, 0) is 6.42 Å². The summed E-state index contributed by atoms with van der Waals surface area (Å²) in [6.07, 6.45) is -0.627. The molecule has 0 aliphatic rings. The van der Waals surface area contributed by atoms with Crippen LogP contribution in [0.25, 0.3) is 0 Å². The largest absolute Gasteiger partial charge is 0.411 e. The minimum Gasteiger partial charge on any atom is -0.338 e. The number of rotatable bonds is 4. The fourth-order valence-electron chi connectivity index (χ4n) is 1.49. The molecule has 7 heteroatoms. The molecule has 0 saturated heterocycles. The summed E-state index contributed by atoms with van der Waals surface area (Å²) in [5.41, 5.74) is -0.287. The van der Waals surface area contributed by atoms with E-state index >= 15 is 0 Å². The molecular weight excluding hydrogens is 271 g/mol. The standard InChI is InChI=1S/C13H18F3N3O/c1-9-8-17-6-4-10(9)5-7-18-11(20)19-12(2,3)13(14,15)16/h4,6,8H,5,7H2,1-3H3,(H2,18,19,20). The molecule has 20 heavy (non-hydrogen) atoms. The molecule has 2 N–H and O–H groups in total. The SMILES string of the molecule is Cc1cnccc1CCNC(=O)NC(C)(C)C(F)(F)F. The van der Waals surface area contributed by atoms with Crippen LogP contribution in [-0.4, -0.2) is 29.3 Å². The molecule has 4 nitrogen and oxygen atoms in total. The van der Waals surface area contributed by atoms with Gasteiger partial charge >= 0.3 is 12.2 Å². The predicted octanol–water partition coefficient (Wildman–Crippen LogP) is 2.57. The number of carbonyl (C=O) groups excluding carboxylic acids is 1. The first-order chi connectivity index (χ1) is 9.13. The van der Waals surface area contributed by atoms with Gasteiger partial charge in [0.25, 0.3) is 0 Å². The van der Waals surface area contributed by atoms with Gasteiger partial charge in [-0.2, -0.15) is 13.2 Å². The van der Waals surface area contributed by atoms with Crippen LogP contribution in [0.2, 0.25) is 0 Å². The highest BCUT2D eigenvalue weighted by Gasteiger charge is 2.48. The van der Waals surface area contributed by atoms with Crippen molar-refractivity contribution in [1.29, 1.82) is 0 Å². The van der Waals surface area contributed by atoms with Crippen molar-refractivity contribution in [1.82, 2.24) is 15.6 Å². The Labute approximate surface area is 115 Å². The first-order valence-corrected chi connectivity index (χ1v) is 6.16. The maximum atomic E-state index is 12.6. The third-order valence-electron chi connectivity index (χ3n) is 2.95. The Hall–Kier alpha value is -1.79. The summed E-state index contributed by atoms with van der Waals surface area (Å²) in [4.78, 5) is 15.4. The zero-order valence-corrected chi connectivity index (χ0v) is 11.6. The number of pyridine rings is 1. The molecule has 2 amide bonds. The molecule has 0 radical (unpaired) electrons. The Kier molecular flexibility index (Phi) is 4.97. The highest BCUT2D eigenvalue weighted by Crippen LogP contribution is 2.29. The van der Waals surface area contributed by atoms with Gasteiger partial charge in [0, 0.05) is 18.9 Å². The molecule has 0 spiro atoms. The van der Waals surface area contributed by atoms with E-state index in [1.54, 1.807) is 12.4 Å². The maximum absolute atomic E-state index is 12.6. The average Bonchev–Trinajstić information content (AvgIpc) is 2.29. The molecule has 1 aromatic heterocycles. The van der Waals surface area contributed by atoms with Crippen molar-refractivity contribution in [2.45, 2.75) is 38.9 Å². The van der Waals surface area contributed by atoms with Crippen molar-refractivity contribution < 1.29 is 18.0 Å². The first kappa shape index (κ1) is 16.3. The number of nitrogens with zero attached hydrogens (tertiary/aromatic N) is 1. The summed E-state index contributed by atoms with van der Waals surface area (Å²) in [6, 6.07) is 0.980. The second-order valence-electron chi connectivity index (χ2n) is 5.06. The van der Waals surface area contributed by atoms with Crippen molar-refractivity contribution in [3.8, 4) is 0 Å². The fourth-order valence-corrected chi connectivity index (χ4v) is 1.49. The second kappa shape index (κ2) is 6.11. The van der Waals surface area contributed by atoms with Crippen LogP contribution in [0.3, 0.4) is 0 Å². The number of hydrogen-bond acceptors (Lipinski definition) is 2. The van der Waals surface area contributed by atoms with Crippen LogP contribution in [0.15, 0.2) is 18.5 Å². The number of aromatic nitrogens is 1. The van der Waals surface area contributed by atoms with Crippen LogP contribution in [0.1, 0.15) is 25.0 Å². The summed E-state index contributed by atoms with van der Waals surface area (Å²) in [6.45, 7) is 3.97.